The molecule has 1 fully saturated rings. The molecule has 6 nitrogen and oxygen atoms in total. The van der Waals surface area contributed by atoms with Crippen LogP contribution in [0.5, 0.6) is 0 Å². The van der Waals surface area contributed by atoms with Crippen LogP contribution in [0.2, 0.25) is 0 Å². The van der Waals surface area contributed by atoms with Gasteiger partial charge < -0.3 is 4.52 Å². The Morgan fingerprint density at radius 3 is 2.88 bits per heavy atom. The number of hydrogen-bond donors (Lipinski definition) is 0. The number of rotatable bonds is 4. The molecule has 0 bridgehead atoms. The molecule has 0 N–H and O–H groups in total. The summed E-state index contributed by atoms with van der Waals surface area (Å²) in [6.45, 7) is 1.06. The molecule has 0 spiro atoms. The topological polar surface area (TPSA) is 67.9 Å². The average molecular weight is 357 g/mol. The molecule has 0 radical (unpaired) electrons. The normalized spacial score (nSPS) is 21.0. The quantitative estimate of drug-likeness (QED) is 0.715. The number of aromatic nitrogens is 4. The van der Waals surface area contributed by atoms with Crippen LogP contribution in [-0.4, -0.2) is 38.1 Å². The number of alkyl halides is 1. The van der Waals surface area contributed by atoms with Crippen molar-refractivity contribution in [2.45, 2.75) is 25.1 Å². The van der Waals surface area contributed by atoms with Crippen molar-refractivity contribution in [3.8, 4) is 11.4 Å². The minimum atomic E-state index is -1.75. The van der Waals surface area contributed by atoms with Gasteiger partial charge in [-0.2, -0.15) is 4.98 Å². The van der Waals surface area contributed by atoms with E-state index in [9.17, 15) is 4.39 Å². The number of piperidine rings is 1. The van der Waals surface area contributed by atoms with E-state index in [2.05, 4.69) is 20.1 Å². The van der Waals surface area contributed by atoms with Crippen molar-refractivity contribution >= 4 is 0 Å². The Bertz CT molecular complexity index is 888. The van der Waals surface area contributed by atoms with Gasteiger partial charge >= 0.3 is 0 Å². The molecule has 26 heavy (non-hydrogen) atoms. The molecule has 0 aliphatic carbocycles. The van der Waals surface area contributed by atoms with Gasteiger partial charge in [0.25, 0.3) is 5.89 Å². The highest BCUT2D eigenvalue weighted by molar-refractivity contribution is 5.52. The molecule has 0 aromatic carbocycles. The second-order valence-electron chi connectivity index (χ2n) is 6.41. The fraction of sp³-hybridized carbons (Fsp3) is 0.333. The minimum absolute atomic E-state index is 0.0451. The predicted octanol–water partition coefficient (Wildman–Crippen LogP) is 3.13. The van der Waals surface area contributed by atoms with Gasteiger partial charge in [-0.05, 0) is 37.6 Å². The number of halogens is 2. The van der Waals surface area contributed by atoms with Crippen molar-refractivity contribution in [2.75, 3.05) is 13.1 Å². The molecular weight excluding hydrogens is 340 g/mol. The lowest BCUT2D eigenvalue weighted by atomic mass is 9.94. The second kappa shape index (κ2) is 6.87. The zero-order chi connectivity index (χ0) is 18.0. The molecule has 1 unspecified atom stereocenters. The smallest absolute Gasteiger partial charge is 0.265 e. The van der Waals surface area contributed by atoms with Gasteiger partial charge in [0.1, 0.15) is 5.82 Å². The first-order valence-corrected chi connectivity index (χ1v) is 8.38. The molecule has 1 atom stereocenters. The van der Waals surface area contributed by atoms with Crippen molar-refractivity contribution < 1.29 is 13.3 Å². The molecule has 8 heteroatoms. The minimum Gasteiger partial charge on any atom is -0.335 e. The molecular formula is C18H17F2N5O. The fourth-order valence-corrected chi connectivity index (χ4v) is 3.20. The van der Waals surface area contributed by atoms with Gasteiger partial charge in [-0.15, -0.1) is 0 Å². The Kier molecular flexibility index (Phi) is 4.42. The Balaban J connectivity index is 1.53. The summed E-state index contributed by atoms with van der Waals surface area (Å²) in [5.74, 6) is -0.127. The van der Waals surface area contributed by atoms with Gasteiger partial charge in [0, 0.05) is 42.8 Å². The SMILES string of the molecule is Fc1cnccc1CN1CCCC(F)(c2nc(-c3cccnc3)no2)C1. The highest BCUT2D eigenvalue weighted by Crippen LogP contribution is 2.36. The molecule has 4 heterocycles. The van der Waals surface area contributed by atoms with E-state index in [1.807, 2.05) is 4.90 Å². The second-order valence-corrected chi connectivity index (χ2v) is 6.41. The van der Waals surface area contributed by atoms with Crippen LogP contribution in [0.4, 0.5) is 8.78 Å². The van der Waals surface area contributed by atoms with Crippen LogP contribution in [0.25, 0.3) is 11.4 Å². The van der Waals surface area contributed by atoms with Gasteiger partial charge in [0.05, 0.1) is 6.20 Å². The standard InChI is InChI=1S/C18H17F2N5O/c19-15-10-22-7-4-14(15)11-25-8-2-5-18(20,12-25)17-23-16(24-26-17)13-3-1-6-21-9-13/h1,3-4,6-7,9-10H,2,5,8,11-12H2. The lowest BCUT2D eigenvalue weighted by molar-refractivity contribution is 0.0120. The summed E-state index contributed by atoms with van der Waals surface area (Å²) in [7, 11) is 0. The van der Waals surface area contributed by atoms with Crippen LogP contribution >= 0.6 is 0 Å². The van der Waals surface area contributed by atoms with Gasteiger partial charge in [-0.3, -0.25) is 14.9 Å². The van der Waals surface area contributed by atoms with Gasteiger partial charge in [-0.25, -0.2) is 8.78 Å². The summed E-state index contributed by atoms with van der Waals surface area (Å²) in [6.07, 6.45) is 6.84. The Hall–Kier alpha value is -2.74. The summed E-state index contributed by atoms with van der Waals surface area (Å²) >= 11 is 0. The lowest BCUT2D eigenvalue weighted by Gasteiger charge is -2.35. The van der Waals surface area contributed by atoms with Crippen molar-refractivity contribution in [1.82, 2.24) is 25.0 Å². The zero-order valence-corrected chi connectivity index (χ0v) is 14.0. The highest BCUT2D eigenvalue weighted by atomic mass is 19.1. The van der Waals surface area contributed by atoms with E-state index in [-0.39, 0.29) is 24.7 Å². The maximum atomic E-state index is 15.5. The third kappa shape index (κ3) is 3.32. The predicted molar refractivity (Wildman–Crippen MR) is 89.0 cm³/mol. The molecule has 1 saturated heterocycles. The molecule has 3 aromatic rings. The van der Waals surface area contributed by atoms with E-state index >= 15 is 4.39 Å². The Morgan fingerprint density at radius 2 is 2.08 bits per heavy atom. The molecule has 1 aliphatic rings. The third-order valence-corrected chi connectivity index (χ3v) is 4.50. The molecule has 0 saturated carbocycles. The van der Waals surface area contributed by atoms with Crippen molar-refractivity contribution in [1.29, 1.82) is 0 Å². The fourth-order valence-electron chi connectivity index (χ4n) is 3.20. The van der Waals surface area contributed by atoms with E-state index in [0.717, 1.165) is 0 Å². The highest BCUT2D eigenvalue weighted by Gasteiger charge is 2.42. The van der Waals surface area contributed by atoms with E-state index in [1.165, 1.54) is 12.4 Å². The monoisotopic (exact) mass is 357 g/mol. The first kappa shape index (κ1) is 16.7. The van der Waals surface area contributed by atoms with E-state index in [0.29, 0.717) is 36.5 Å². The van der Waals surface area contributed by atoms with Crippen molar-refractivity contribution in [3.05, 3.63) is 60.3 Å². The first-order valence-electron chi connectivity index (χ1n) is 8.38. The maximum Gasteiger partial charge on any atom is 0.265 e. The Morgan fingerprint density at radius 1 is 1.19 bits per heavy atom. The molecule has 4 rings (SSSR count). The number of hydrogen-bond acceptors (Lipinski definition) is 6. The summed E-state index contributed by atoms with van der Waals surface area (Å²) in [5.41, 5.74) is -0.599. The van der Waals surface area contributed by atoms with Crippen molar-refractivity contribution in [3.63, 3.8) is 0 Å². The number of pyridine rings is 2. The summed E-state index contributed by atoms with van der Waals surface area (Å²) in [6, 6.07) is 5.14. The Labute approximate surface area is 148 Å². The van der Waals surface area contributed by atoms with Gasteiger partial charge in [-0.1, -0.05) is 5.16 Å². The molecule has 0 amide bonds. The van der Waals surface area contributed by atoms with Crippen LogP contribution < -0.4 is 0 Å². The van der Waals surface area contributed by atoms with Crippen LogP contribution in [-0.2, 0) is 12.2 Å². The maximum absolute atomic E-state index is 15.5. The third-order valence-electron chi connectivity index (χ3n) is 4.50. The molecule has 3 aromatic heterocycles. The lowest BCUT2D eigenvalue weighted by Crippen LogP contribution is -2.43. The summed E-state index contributed by atoms with van der Waals surface area (Å²) in [5, 5.41) is 3.88. The van der Waals surface area contributed by atoms with Gasteiger partial charge in [0.15, 0.2) is 0 Å². The largest absolute Gasteiger partial charge is 0.335 e. The van der Waals surface area contributed by atoms with Crippen LogP contribution in [0.3, 0.4) is 0 Å². The first-order chi connectivity index (χ1) is 12.6. The van der Waals surface area contributed by atoms with E-state index in [4.69, 9.17) is 4.52 Å². The number of nitrogens with zero attached hydrogens (tertiary/aromatic N) is 5. The van der Waals surface area contributed by atoms with E-state index < -0.39 is 5.67 Å². The van der Waals surface area contributed by atoms with Crippen molar-refractivity contribution in [2.24, 2.45) is 0 Å². The molecule has 1 aliphatic heterocycles. The van der Waals surface area contributed by atoms with Crippen LogP contribution in [0, 0.1) is 5.82 Å². The summed E-state index contributed by atoms with van der Waals surface area (Å²) in [4.78, 5) is 13.8. The van der Waals surface area contributed by atoms with Gasteiger partial charge in [0.2, 0.25) is 11.5 Å². The number of likely N-dealkylation sites (tertiary alicyclic amines) is 1. The van der Waals surface area contributed by atoms with E-state index in [1.54, 1.807) is 30.6 Å². The van der Waals surface area contributed by atoms with Crippen LogP contribution in [0.15, 0.2) is 47.5 Å². The average Bonchev–Trinajstić information content (AvgIpc) is 3.16. The molecule has 134 valence electrons. The summed E-state index contributed by atoms with van der Waals surface area (Å²) < 4.78 is 34.6. The van der Waals surface area contributed by atoms with Crippen LogP contribution in [0.1, 0.15) is 24.3 Å². The zero-order valence-electron chi connectivity index (χ0n) is 14.0.